The molecule has 0 N–H and O–H groups in total. The number of ether oxygens (including phenoxy) is 1. The van der Waals surface area contributed by atoms with Crippen molar-refractivity contribution in [2.45, 2.75) is 52.4 Å². The first kappa shape index (κ1) is 23.9. The number of hydrogen-bond acceptors (Lipinski definition) is 1. The topological polar surface area (TPSA) is 9.23 Å². The zero-order valence-corrected chi connectivity index (χ0v) is 16.3. The highest BCUT2D eigenvalue weighted by Crippen LogP contribution is 2.49. The highest BCUT2D eigenvalue weighted by atomic mass is 35.5. The summed E-state index contributed by atoms with van der Waals surface area (Å²) in [5.74, 6) is -3.47. The summed E-state index contributed by atoms with van der Waals surface area (Å²) < 4.78 is 79.8. The van der Waals surface area contributed by atoms with Crippen molar-refractivity contribution in [3.05, 3.63) is 29.3 Å². The van der Waals surface area contributed by atoms with Gasteiger partial charge in [0.2, 0.25) is 0 Å². The number of aryl methyl sites for hydroxylation is 2. The summed E-state index contributed by atoms with van der Waals surface area (Å²) in [7, 11) is 0. The molecular formula is C19H25ClF6O. The van der Waals surface area contributed by atoms with Crippen LogP contribution >= 0.6 is 11.6 Å². The maximum absolute atomic E-state index is 12.4. The molecule has 1 aliphatic carbocycles. The van der Waals surface area contributed by atoms with E-state index in [-0.39, 0.29) is 19.3 Å². The quantitative estimate of drug-likeness (QED) is 0.376. The normalized spacial score (nSPS) is 23.4. The molecule has 1 nitrogen and oxygen atoms in total. The van der Waals surface area contributed by atoms with E-state index in [2.05, 4.69) is 0 Å². The van der Waals surface area contributed by atoms with E-state index >= 15 is 0 Å². The molecule has 2 atom stereocenters. The molecule has 0 spiro atoms. The second kappa shape index (κ2) is 9.89. The number of rotatable bonds is 3. The van der Waals surface area contributed by atoms with Gasteiger partial charge in [0.15, 0.2) is 0 Å². The molecule has 27 heavy (non-hydrogen) atoms. The van der Waals surface area contributed by atoms with Crippen LogP contribution in [0.4, 0.5) is 26.3 Å². The first-order valence-electron chi connectivity index (χ1n) is 8.78. The molecule has 156 valence electrons. The van der Waals surface area contributed by atoms with Gasteiger partial charge < -0.3 is 4.74 Å². The summed E-state index contributed by atoms with van der Waals surface area (Å²) in [4.78, 5) is 0. The summed E-state index contributed by atoms with van der Waals surface area (Å²) in [5.41, 5.74) is 2.33. The summed E-state index contributed by atoms with van der Waals surface area (Å²) in [6, 6.07) is 6.10. The summed E-state index contributed by atoms with van der Waals surface area (Å²) >= 11 is 5.53. The van der Waals surface area contributed by atoms with Crippen LogP contribution in [0.3, 0.4) is 0 Å². The molecule has 1 aliphatic rings. The van der Waals surface area contributed by atoms with Crippen molar-refractivity contribution in [2.75, 3.05) is 12.5 Å². The number of benzene rings is 1. The number of hydrogen-bond donors (Lipinski definition) is 0. The summed E-state index contributed by atoms with van der Waals surface area (Å²) in [6.07, 6.45) is -9.39. The van der Waals surface area contributed by atoms with Crippen LogP contribution in [-0.4, -0.2) is 24.8 Å². The third-order valence-corrected chi connectivity index (χ3v) is 5.03. The van der Waals surface area contributed by atoms with Gasteiger partial charge in [0, 0.05) is 0 Å². The zero-order chi connectivity index (χ0) is 20.8. The Kier molecular flexibility index (Phi) is 8.77. The van der Waals surface area contributed by atoms with Gasteiger partial charge in [0.25, 0.3) is 0 Å². The van der Waals surface area contributed by atoms with Gasteiger partial charge in [-0.2, -0.15) is 26.3 Å². The second-order valence-electron chi connectivity index (χ2n) is 6.84. The monoisotopic (exact) mass is 418 g/mol. The Hall–Kier alpha value is -1.11. The van der Waals surface area contributed by atoms with E-state index in [1.807, 2.05) is 32.0 Å². The van der Waals surface area contributed by atoms with E-state index in [0.29, 0.717) is 12.5 Å². The molecule has 1 saturated carbocycles. The van der Waals surface area contributed by atoms with E-state index in [0.717, 1.165) is 12.7 Å². The lowest BCUT2D eigenvalue weighted by molar-refractivity contribution is -0.242. The summed E-state index contributed by atoms with van der Waals surface area (Å²) in [5, 5.41) is 0. The van der Waals surface area contributed by atoms with Crippen LogP contribution in [0.25, 0.3) is 0 Å². The lowest BCUT2D eigenvalue weighted by atomic mass is 9.72. The van der Waals surface area contributed by atoms with Gasteiger partial charge >= 0.3 is 12.4 Å². The number of para-hydroxylation sites is 1. The lowest BCUT2D eigenvalue weighted by Crippen LogP contribution is -2.41. The Balaban J connectivity index is 0.000000277. The van der Waals surface area contributed by atoms with E-state index < -0.39 is 30.1 Å². The number of alkyl halides is 7. The van der Waals surface area contributed by atoms with Crippen LogP contribution in [0.2, 0.25) is 0 Å². The fourth-order valence-electron chi connectivity index (χ4n) is 3.45. The maximum Gasteiger partial charge on any atom is 0.392 e. The van der Waals surface area contributed by atoms with Gasteiger partial charge in [0.1, 0.15) is 12.4 Å². The van der Waals surface area contributed by atoms with E-state index in [1.54, 1.807) is 0 Å². The van der Waals surface area contributed by atoms with Crippen molar-refractivity contribution < 1.29 is 31.1 Å². The number of halogens is 7. The first-order valence-corrected chi connectivity index (χ1v) is 9.31. The highest BCUT2D eigenvalue weighted by molar-refractivity contribution is 6.18. The SMILES string of the molecule is CC1C(C(F)(F)F)CCCC1C(F)(F)F.Cc1cccc(C)c1OCCCl. The fourth-order valence-corrected chi connectivity index (χ4v) is 3.53. The molecule has 0 radical (unpaired) electrons. The van der Waals surface area contributed by atoms with E-state index in [9.17, 15) is 26.3 Å². The van der Waals surface area contributed by atoms with Crippen molar-refractivity contribution in [3.63, 3.8) is 0 Å². The van der Waals surface area contributed by atoms with Crippen molar-refractivity contribution in [2.24, 2.45) is 17.8 Å². The molecular weight excluding hydrogens is 394 g/mol. The Morgan fingerprint density at radius 1 is 0.963 bits per heavy atom. The summed E-state index contributed by atoms with van der Waals surface area (Å²) in [6.45, 7) is 5.70. The van der Waals surface area contributed by atoms with Crippen LogP contribution in [0.15, 0.2) is 18.2 Å². The van der Waals surface area contributed by atoms with Crippen LogP contribution < -0.4 is 4.74 Å². The average Bonchev–Trinajstić information content (AvgIpc) is 2.53. The molecule has 0 saturated heterocycles. The van der Waals surface area contributed by atoms with E-state index in [1.165, 1.54) is 11.1 Å². The van der Waals surface area contributed by atoms with Crippen molar-refractivity contribution in [1.29, 1.82) is 0 Å². The van der Waals surface area contributed by atoms with Crippen molar-refractivity contribution >= 4 is 11.6 Å². The third kappa shape index (κ3) is 7.09. The Morgan fingerprint density at radius 2 is 1.41 bits per heavy atom. The van der Waals surface area contributed by atoms with Crippen LogP contribution in [-0.2, 0) is 0 Å². The van der Waals surface area contributed by atoms with Gasteiger partial charge in [-0.05, 0) is 43.7 Å². The molecule has 2 unspecified atom stereocenters. The fraction of sp³-hybridized carbons (Fsp3) is 0.684. The highest BCUT2D eigenvalue weighted by Gasteiger charge is 2.53. The smallest absolute Gasteiger partial charge is 0.392 e. The largest absolute Gasteiger partial charge is 0.492 e. The van der Waals surface area contributed by atoms with Crippen LogP contribution in [0, 0.1) is 31.6 Å². The molecule has 8 heteroatoms. The first-order chi connectivity index (χ1) is 12.4. The van der Waals surface area contributed by atoms with Crippen molar-refractivity contribution in [1.82, 2.24) is 0 Å². The van der Waals surface area contributed by atoms with Crippen LogP contribution in [0.1, 0.15) is 37.3 Å². The molecule has 2 rings (SSSR count). The van der Waals surface area contributed by atoms with Gasteiger partial charge in [-0.25, -0.2) is 0 Å². The predicted octanol–water partition coefficient (Wildman–Crippen LogP) is 7.08. The zero-order valence-electron chi connectivity index (χ0n) is 15.6. The molecule has 0 bridgehead atoms. The molecule has 1 fully saturated rings. The predicted molar refractivity (Wildman–Crippen MR) is 94.2 cm³/mol. The standard InChI is InChI=1S/C10H13ClO.C9H12F6/c1-8-4-3-5-9(2)10(8)12-7-6-11;1-5-6(8(10,11)12)3-2-4-7(5)9(13,14)15/h3-5H,6-7H2,1-2H3;5-7H,2-4H2,1H3. The lowest BCUT2D eigenvalue weighted by Gasteiger charge is -2.37. The van der Waals surface area contributed by atoms with E-state index in [4.69, 9.17) is 16.3 Å². The molecule has 1 aromatic carbocycles. The second-order valence-corrected chi connectivity index (χ2v) is 7.22. The third-order valence-electron chi connectivity index (χ3n) is 4.87. The van der Waals surface area contributed by atoms with Gasteiger partial charge in [-0.1, -0.05) is 31.5 Å². The maximum atomic E-state index is 12.4. The molecule has 0 aliphatic heterocycles. The minimum atomic E-state index is -4.51. The molecule has 0 heterocycles. The minimum Gasteiger partial charge on any atom is -0.492 e. The molecule has 1 aromatic rings. The Labute approximate surface area is 161 Å². The van der Waals surface area contributed by atoms with Crippen LogP contribution in [0.5, 0.6) is 5.75 Å². The van der Waals surface area contributed by atoms with Crippen molar-refractivity contribution in [3.8, 4) is 5.75 Å². The Bertz CT molecular complexity index is 542. The Morgan fingerprint density at radius 3 is 1.78 bits per heavy atom. The van der Waals surface area contributed by atoms with Gasteiger partial charge in [-0.3, -0.25) is 0 Å². The van der Waals surface area contributed by atoms with Gasteiger partial charge in [-0.15, -0.1) is 11.6 Å². The molecule has 0 amide bonds. The van der Waals surface area contributed by atoms with Gasteiger partial charge in [0.05, 0.1) is 17.7 Å². The molecule has 0 aromatic heterocycles. The average molecular weight is 419 g/mol. The minimum absolute atomic E-state index is 0.00130.